The van der Waals surface area contributed by atoms with Crippen molar-refractivity contribution < 1.29 is 14.3 Å². The molecule has 0 amide bonds. The first kappa shape index (κ1) is 27.9. The molecule has 3 aromatic rings. The molecule has 0 bridgehead atoms. The number of ether oxygens (including phenoxy) is 2. The highest BCUT2D eigenvalue weighted by molar-refractivity contribution is 6.35. The lowest BCUT2D eigenvalue weighted by Crippen LogP contribution is -2.37. The van der Waals surface area contributed by atoms with Gasteiger partial charge in [0, 0.05) is 32.5 Å². The highest BCUT2D eigenvalue weighted by Gasteiger charge is 2.30. The van der Waals surface area contributed by atoms with E-state index in [1.807, 2.05) is 40.4 Å². The number of halogens is 5. The minimum absolute atomic E-state index is 0.0470. The van der Waals surface area contributed by atoms with Gasteiger partial charge in [0.15, 0.2) is 5.78 Å². The largest absolute Gasteiger partial charge is 0.486 e. The third kappa shape index (κ3) is 7.93. The predicted molar refractivity (Wildman–Crippen MR) is 150 cm³/mol. The molecule has 0 spiro atoms. The average molecular weight is 601 g/mol. The molecule has 5 nitrogen and oxygen atoms in total. The van der Waals surface area contributed by atoms with Crippen molar-refractivity contribution in [2.45, 2.75) is 18.2 Å². The first-order chi connectivity index (χ1) is 17.8. The maximum Gasteiger partial charge on any atom is 0.189 e. The van der Waals surface area contributed by atoms with Gasteiger partial charge in [0.2, 0.25) is 0 Å². The van der Waals surface area contributed by atoms with Gasteiger partial charge in [0.25, 0.3) is 0 Å². The highest BCUT2D eigenvalue weighted by atomic mass is 35.5. The van der Waals surface area contributed by atoms with Gasteiger partial charge in [-0.1, -0.05) is 76.2 Å². The second kappa shape index (κ2) is 13.1. The minimum atomic E-state index is -0.575. The Morgan fingerprint density at radius 2 is 1.51 bits per heavy atom. The van der Waals surface area contributed by atoms with Crippen LogP contribution >= 0.6 is 58.0 Å². The normalized spacial score (nSPS) is 14.6. The van der Waals surface area contributed by atoms with Crippen molar-refractivity contribution in [2.75, 3.05) is 19.8 Å². The molecule has 4 rings (SSSR count). The molecule has 37 heavy (non-hydrogen) atoms. The third-order valence-corrected chi connectivity index (χ3v) is 7.18. The fraction of sp³-hybridized carbons (Fsp3) is 0.222. The molecule has 0 saturated carbocycles. The van der Waals surface area contributed by atoms with Gasteiger partial charge in [-0.15, -0.1) is 0 Å². The number of carbonyl (C=O) groups excluding carboxylic acids is 1. The van der Waals surface area contributed by atoms with Gasteiger partial charge in [-0.25, -0.2) is 0 Å². The molecule has 0 N–H and O–H groups in total. The molecule has 0 saturated heterocycles. The lowest BCUT2D eigenvalue weighted by molar-refractivity contribution is -0.121. The molecule has 3 aromatic carbocycles. The van der Waals surface area contributed by atoms with Crippen molar-refractivity contribution in [1.29, 1.82) is 0 Å². The highest BCUT2D eigenvalue weighted by Crippen LogP contribution is 2.33. The fourth-order valence-electron chi connectivity index (χ4n) is 3.69. The number of alkyl halides is 1. The average Bonchev–Trinajstić information content (AvgIpc) is 3.34. The van der Waals surface area contributed by atoms with Crippen molar-refractivity contribution >= 4 is 63.8 Å². The molecular formula is C27H23Cl5N2O3. The van der Waals surface area contributed by atoms with Crippen LogP contribution in [-0.2, 0) is 16.1 Å². The standard InChI is InChI=1S/C27H23Cl5N2O3/c28-20-4-1-18(2-5-20)26(37-15-19-3-6-22(30)13-25(19)31)27(32)34-12-11-33(17-34)14-23(35)16-36-24-9-7-21(29)8-10-24/h1-13,26-27H,14-17H2. The third-order valence-electron chi connectivity index (χ3n) is 5.61. The van der Waals surface area contributed by atoms with E-state index in [-0.39, 0.29) is 25.5 Å². The van der Waals surface area contributed by atoms with Crippen LogP contribution in [0.25, 0.3) is 0 Å². The minimum Gasteiger partial charge on any atom is -0.486 e. The zero-order valence-corrected chi connectivity index (χ0v) is 23.3. The summed E-state index contributed by atoms with van der Waals surface area (Å²) in [6.45, 7) is 0.774. The van der Waals surface area contributed by atoms with Crippen molar-refractivity contribution in [3.8, 4) is 5.75 Å². The van der Waals surface area contributed by atoms with E-state index in [0.29, 0.717) is 32.5 Å². The van der Waals surface area contributed by atoms with Gasteiger partial charge in [0.05, 0.1) is 19.8 Å². The molecule has 0 fully saturated rings. The first-order valence-corrected chi connectivity index (χ1v) is 13.3. The zero-order chi connectivity index (χ0) is 26.4. The zero-order valence-electron chi connectivity index (χ0n) is 19.5. The number of rotatable bonds is 11. The van der Waals surface area contributed by atoms with Crippen molar-refractivity contribution in [1.82, 2.24) is 9.80 Å². The van der Waals surface area contributed by atoms with Gasteiger partial charge < -0.3 is 19.3 Å². The van der Waals surface area contributed by atoms with Crippen LogP contribution in [0, 0.1) is 0 Å². The number of hydrogen-bond acceptors (Lipinski definition) is 5. The van der Waals surface area contributed by atoms with Crippen LogP contribution in [0.3, 0.4) is 0 Å². The summed E-state index contributed by atoms with van der Waals surface area (Å²) in [5, 5.41) is 2.28. The van der Waals surface area contributed by atoms with Gasteiger partial charge in [-0.05, 0) is 59.7 Å². The summed E-state index contributed by atoms with van der Waals surface area (Å²) in [6.07, 6.45) is 3.15. The Kier molecular flexibility index (Phi) is 9.88. The van der Waals surface area contributed by atoms with Gasteiger partial charge in [-0.3, -0.25) is 4.79 Å². The predicted octanol–water partition coefficient (Wildman–Crippen LogP) is 7.82. The molecule has 0 aromatic heterocycles. The summed E-state index contributed by atoms with van der Waals surface area (Å²) in [7, 11) is 0. The molecule has 2 atom stereocenters. The SMILES string of the molecule is O=C(COc1ccc(Cl)cc1)CN1C=CN(C(Cl)C(OCc2ccc(Cl)cc2Cl)c2ccc(Cl)cc2)C1. The summed E-state index contributed by atoms with van der Waals surface area (Å²) in [6, 6.07) is 19.5. The van der Waals surface area contributed by atoms with Gasteiger partial charge >= 0.3 is 0 Å². The summed E-state index contributed by atoms with van der Waals surface area (Å²) in [5.41, 5.74) is 1.07. The van der Waals surface area contributed by atoms with Crippen LogP contribution < -0.4 is 4.74 Å². The van der Waals surface area contributed by atoms with Crippen LogP contribution in [0.15, 0.2) is 79.1 Å². The van der Waals surface area contributed by atoms with E-state index in [4.69, 9.17) is 67.5 Å². The number of Topliss-reactive ketones (excluding diaryl/α,β-unsaturated/α-hetero) is 1. The van der Waals surface area contributed by atoms with E-state index < -0.39 is 11.6 Å². The molecular weight excluding hydrogens is 578 g/mol. The Morgan fingerprint density at radius 1 is 0.865 bits per heavy atom. The van der Waals surface area contributed by atoms with Gasteiger partial charge in [0.1, 0.15) is 24.0 Å². The Morgan fingerprint density at radius 3 is 2.19 bits per heavy atom. The lowest BCUT2D eigenvalue weighted by atomic mass is 10.1. The Hall–Kier alpha value is -2.12. The van der Waals surface area contributed by atoms with E-state index in [2.05, 4.69) is 0 Å². The molecule has 0 aliphatic carbocycles. The van der Waals surface area contributed by atoms with E-state index in [9.17, 15) is 4.79 Å². The van der Waals surface area contributed by atoms with Crippen molar-refractivity contribution in [2.24, 2.45) is 0 Å². The number of carbonyl (C=O) groups is 1. The fourth-order valence-corrected chi connectivity index (χ4v) is 4.75. The molecule has 1 aliphatic heterocycles. The number of ketones is 1. The summed E-state index contributed by atoms with van der Waals surface area (Å²) >= 11 is 31.3. The second-order valence-corrected chi connectivity index (χ2v) is 10.5. The van der Waals surface area contributed by atoms with Crippen LogP contribution in [0.4, 0.5) is 0 Å². The molecule has 0 radical (unpaired) electrons. The Balaban J connectivity index is 1.37. The Labute approximate surface area is 241 Å². The maximum absolute atomic E-state index is 12.5. The smallest absolute Gasteiger partial charge is 0.189 e. The molecule has 10 heteroatoms. The van der Waals surface area contributed by atoms with E-state index in [1.54, 1.807) is 48.5 Å². The quantitative estimate of drug-likeness (QED) is 0.166. The molecule has 194 valence electrons. The summed E-state index contributed by atoms with van der Waals surface area (Å²) in [4.78, 5) is 16.2. The Bertz CT molecular complexity index is 1240. The summed E-state index contributed by atoms with van der Waals surface area (Å²) < 4.78 is 11.8. The number of hydrogen-bond donors (Lipinski definition) is 0. The second-order valence-electron chi connectivity index (χ2n) is 8.37. The van der Waals surface area contributed by atoms with Crippen LogP contribution in [-0.4, -0.2) is 40.9 Å². The van der Waals surface area contributed by atoms with Gasteiger partial charge in [-0.2, -0.15) is 0 Å². The van der Waals surface area contributed by atoms with Crippen LogP contribution in [0.2, 0.25) is 20.1 Å². The topological polar surface area (TPSA) is 42.0 Å². The molecule has 1 heterocycles. The summed E-state index contributed by atoms with van der Waals surface area (Å²) in [5.74, 6) is 0.511. The van der Waals surface area contributed by atoms with E-state index >= 15 is 0 Å². The number of nitrogens with zero attached hydrogens (tertiary/aromatic N) is 2. The maximum atomic E-state index is 12.5. The van der Waals surface area contributed by atoms with Crippen molar-refractivity contribution in [3.63, 3.8) is 0 Å². The molecule has 2 unspecified atom stereocenters. The van der Waals surface area contributed by atoms with E-state index in [1.165, 1.54) is 0 Å². The molecule has 1 aliphatic rings. The van der Waals surface area contributed by atoms with Crippen LogP contribution in [0.1, 0.15) is 17.2 Å². The lowest BCUT2D eigenvalue weighted by Gasteiger charge is -2.31. The van der Waals surface area contributed by atoms with Crippen molar-refractivity contribution in [3.05, 3.63) is 110 Å². The van der Waals surface area contributed by atoms with Crippen LogP contribution in [0.5, 0.6) is 5.75 Å². The first-order valence-electron chi connectivity index (χ1n) is 11.3. The number of benzene rings is 3. The monoisotopic (exact) mass is 598 g/mol. The van der Waals surface area contributed by atoms with E-state index in [0.717, 1.165) is 11.1 Å².